The normalized spacial score (nSPS) is 17.3. The maximum Gasteiger partial charge on any atom is 0.328 e. The number of allylic oxidation sites excluding steroid dienone is 4. The molecule has 0 amide bonds. The number of carboxylic acids is 1. The van der Waals surface area contributed by atoms with Crippen LogP contribution in [0.5, 0.6) is 0 Å². The van der Waals surface area contributed by atoms with Gasteiger partial charge in [-0.2, -0.15) is 0 Å². The molecule has 0 aromatic heterocycles. The molecule has 0 aromatic rings. The van der Waals surface area contributed by atoms with Crippen molar-refractivity contribution in [2.75, 3.05) is 0 Å². The van der Waals surface area contributed by atoms with E-state index in [1.165, 1.54) is 12.2 Å². The number of aliphatic hydroxyl groups is 2. The molecule has 4 heteroatoms. The minimum atomic E-state index is -1.21. The van der Waals surface area contributed by atoms with Crippen LogP contribution in [0.25, 0.3) is 0 Å². The number of aliphatic carboxylic acids is 1. The summed E-state index contributed by atoms with van der Waals surface area (Å²) in [6.45, 7) is 5.07. The van der Waals surface area contributed by atoms with Crippen molar-refractivity contribution >= 4 is 5.97 Å². The van der Waals surface area contributed by atoms with Gasteiger partial charge in [0, 0.05) is 12.5 Å². The number of carbonyl (C=O) groups is 1. The number of carboxylic acid groups (broad SMARTS) is 1. The smallest absolute Gasteiger partial charge is 0.328 e. The first-order chi connectivity index (χ1) is 8.30. The van der Waals surface area contributed by atoms with E-state index in [-0.39, 0.29) is 12.2 Å². The van der Waals surface area contributed by atoms with Crippen LogP contribution in [0.1, 0.15) is 27.2 Å². The van der Waals surface area contributed by atoms with E-state index < -0.39 is 11.6 Å². The van der Waals surface area contributed by atoms with Crippen LogP contribution in [-0.4, -0.2) is 26.9 Å². The van der Waals surface area contributed by atoms with Gasteiger partial charge >= 0.3 is 5.97 Å². The Bertz CT molecular complexity index is 398. The number of hydrogen-bond donors (Lipinski definition) is 3. The molecule has 0 saturated carbocycles. The largest absolute Gasteiger partial charge is 0.512 e. The fourth-order valence-corrected chi connectivity index (χ4v) is 1.42. The van der Waals surface area contributed by atoms with Gasteiger partial charge in [0.25, 0.3) is 0 Å². The molecule has 100 valence electrons. The fraction of sp³-hybridized carbons (Fsp3) is 0.357. The molecule has 3 N–H and O–H groups in total. The third kappa shape index (κ3) is 7.46. The van der Waals surface area contributed by atoms with Crippen LogP contribution in [0, 0.1) is 0 Å². The summed E-state index contributed by atoms with van der Waals surface area (Å²) in [4.78, 5) is 10.4. The van der Waals surface area contributed by atoms with Gasteiger partial charge in [-0.15, -0.1) is 0 Å². The van der Waals surface area contributed by atoms with Crippen molar-refractivity contribution in [3.05, 3.63) is 47.8 Å². The van der Waals surface area contributed by atoms with Gasteiger partial charge in [-0.1, -0.05) is 24.3 Å². The Hall–Kier alpha value is -1.81. The average Bonchev–Trinajstić information content (AvgIpc) is 2.22. The Morgan fingerprint density at radius 2 is 1.83 bits per heavy atom. The summed E-state index contributed by atoms with van der Waals surface area (Å²) in [5.41, 5.74) is -0.559. The summed E-state index contributed by atoms with van der Waals surface area (Å²) >= 11 is 0. The predicted molar refractivity (Wildman–Crippen MR) is 71.3 cm³/mol. The number of rotatable bonds is 6. The summed E-state index contributed by atoms with van der Waals surface area (Å²) in [5.74, 6) is -1.06. The van der Waals surface area contributed by atoms with Crippen molar-refractivity contribution in [2.24, 2.45) is 0 Å². The summed E-state index contributed by atoms with van der Waals surface area (Å²) in [6, 6.07) is 0. The summed E-state index contributed by atoms with van der Waals surface area (Å²) in [5, 5.41) is 28.1. The van der Waals surface area contributed by atoms with Crippen molar-refractivity contribution < 1.29 is 20.1 Å². The number of hydrogen-bond acceptors (Lipinski definition) is 3. The zero-order chi connectivity index (χ0) is 14.2. The summed E-state index contributed by atoms with van der Waals surface area (Å²) in [6.07, 6.45) is 8.85. The van der Waals surface area contributed by atoms with E-state index >= 15 is 0 Å². The molecule has 0 aliphatic heterocycles. The molecule has 0 spiro atoms. The van der Waals surface area contributed by atoms with Gasteiger partial charge in [0.05, 0.1) is 5.76 Å². The second-order valence-corrected chi connectivity index (χ2v) is 4.07. The molecule has 0 saturated heterocycles. The maximum atomic E-state index is 10.4. The molecule has 0 rings (SSSR count). The number of aliphatic hydroxyl groups excluding tert-OH is 1. The van der Waals surface area contributed by atoms with Gasteiger partial charge in [-0.25, -0.2) is 4.79 Å². The fourth-order valence-electron chi connectivity index (χ4n) is 1.42. The van der Waals surface area contributed by atoms with Gasteiger partial charge in [-0.3, -0.25) is 0 Å². The maximum absolute atomic E-state index is 10.4. The highest BCUT2D eigenvalue weighted by molar-refractivity contribution is 5.80. The van der Waals surface area contributed by atoms with E-state index in [1.807, 2.05) is 0 Å². The van der Waals surface area contributed by atoms with Gasteiger partial charge in [0.15, 0.2) is 0 Å². The Kier molecular flexibility index (Phi) is 6.75. The van der Waals surface area contributed by atoms with E-state index in [1.54, 1.807) is 39.0 Å². The van der Waals surface area contributed by atoms with Crippen molar-refractivity contribution in [1.82, 2.24) is 0 Å². The molecular formula is C14H20O4. The molecular weight excluding hydrogens is 232 g/mol. The lowest BCUT2D eigenvalue weighted by Crippen LogP contribution is -2.17. The van der Waals surface area contributed by atoms with Crippen LogP contribution in [0.15, 0.2) is 47.8 Å². The molecule has 0 radical (unpaired) electrons. The van der Waals surface area contributed by atoms with Gasteiger partial charge in [0.1, 0.15) is 5.60 Å². The Balaban J connectivity index is 4.78. The third-order valence-electron chi connectivity index (χ3n) is 2.16. The Labute approximate surface area is 107 Å². The van der Waals surface area contributed by atoms with E-state index in [4.69, 9.17) is 5.11 Å². The van der Waals surface area contributed by atoms with Gasteiger partial charge in [-0.05, 0) is 32.4 Å². The standard InChI is InChI=1S/C14H20O4/c1-4-8-14(3,18)10-12(15)9-11(5-2)6-7-13(16)17/h4-8,10,15,18H,9H2,1-3H3,(H,16,17)/b7-6-,8-4-,11-5-,12-10+. The van der Waals surface area contributed by atoms with E-state index in [9.17, 15) is 15.0 Å². The molecule has 1 atom stereocenters. The molecule has 0 bridgehead atoms. The molecule has 0 fully saturated rings. The van der Waals surface area contributed by atoms with Crippen LogP contribution in [-0.2, 0) is 4.79 Å². The highest BCUT2D eigenvalue weighted by Gasteiger charge is 2.13. The van der Waals surface area contributed by atoms with E-state index in [0.29, 0.717) is 5.57 Å². The van der Waals surface area contributed by atoms with Crippen molar-refractivity contribution in [2.45, 2.75) is 32.8 Å². The van der Waals surface area contributed by atoms with E-state index in [2.05, 4.69) is 0 Å². The molecule has 0 aromatic carbocycles. The first-order valence-corrected chi connectivity index (χ1v) is 5.64. The minimum Gasteiger partial charge on any atom is -0.512 e. The lowest BCUT2D eigenvalue weighted by atomic mass is 10.0. The zero-order valence-electron chi connectivity index (χ0n) is 10.9. The predicted octanol–water partition coefficient (Wildman–Crippen LogP) is 2.73. The van der Waals surface area contributed by atoms with Gasteiger partial charge in [0.2, 0.25) is 0 Å². The monoisotopic (exact) mass is 252 g/mol. The summed E-state index contributed by atoms with van der Waals surface area (Å²) < 4.78 is 0. The van der Waals surface area contributed by atoms with Crippen LogP contribution in [0.3, 0.4) is 0 Å². The molecule has 0 aliphatic carbocycles. The first-order valence-electron chi connectivity index (χ1n) is 5.64. The minimum absolute atomic E-state index is 0.0127. The second-order valence-electron chi connectivity index (χ2n) is 4.07. The van der Waals surface area contributed by atoms with Gasteiger partial charge < -0.3 is 15.3 Å². The zero-order valence-corrected chi connectivity index (χ0v) is 10.9. The SMILES string of the molecule is C/C=C\C(C)(O)/C=C(/O)CC(/C=C\C(=O)O)=C\C. The average molecular weight is 252 g/mol. The lowest BCUT2D eigenvalue weighted by molar-refractivity contribution is -0.131. The first kappa shape index (κ1) is 16.2. The lowest BCUT2D eigenvalue weighted by Gasteiger charge is -2.14. The van der Waals surface area contributed by atoms with Crippen molar-refractivity contribution in [3.8, 4) is 0 Å². The molecule has 0 aliphatic rings. The quantitative estimate of drug-likeness (QED) is 0.294. The molecule has 18 heavy (non-hydrogen) atoms. The molecule has 1 unspecified atom stereocenters. The van der Waals surface area contributed by atoms with Crippen LogP contribution in [0.2, 0.25) is 0 Å². The Morgan fingerprint density at radius 3 is 2.28 bits per heavy atom. The highest BCUT2D eigenvalue weighted by Crippen LogP contribution is 2.16. The molecule has 0 heterocycles. The topological polar surface area (TPSA) is 77.8 Å². The second kappa shape index (κ2) is 7.50. The van der Waals surface area contributed by atoms with Crippen LogP contribution in [0.4, 0.5) is 0 Å². The third-order valence-corrected chi connectivity index (χ3v) is 2.16. The Morgan fingerprint density at radius 1 is 1.22 bits per heavy atom. The summed E-state index contributed by atoms with van der Waals surface area (Å²) in [7, 11) is 0. The van der Waals surface area contributed by atoms with Crippen molar-refractivity contribution in [3.63, 3.8) is 0 Å². The van der Waals surface area contributed by atoms with Crippen LogP contribution >= 0.6 is 0 Å². The molecule has 4 nitrogen and oxygen atoms in total. The van der Waals surface area contributed by atoms with Crippen molar-refractivity contribution in [1.29, 1.82) is 0 Å². The van der Waals surface area contributed by atoms with Crippen LogP contribution < -0.4 is 0 Å². The highest BCUT2D eigenvalue weighted by atomic mass is 16.4. The van der Waals surface area contributed by atoms with E-state index in [0.717, 1.165) is 6.08 Å².